The lowest BCUT2D eigenvalue weighted by Crippen LogP contribution is -2.13. The summed E-state index contributed by atoms with van der Waals surface area (Å²) in [4.78, 5) is 8.41. The normalized spacial score (nSPS) is 10.8. The SMILES string of the molecule is Cc1nc(NC(C)C)ncc1-c1ccc(F)cc1F. The van der Waals surface area contributed by atoms with Gasteiger partial charge in [0.15, 0.2) is 0 Å². The summed E-state index contributed by atoms with van der Waals surface area (Å²) < 4.78 is 26.6. The van der Waals surface area contributed by atoms with Crippen LogP contribution in [0, 0.1) is 18.6 Å². The van der Waals surface area contributed by atoms with Crippen molar-refractivity contribution in [1.82, 2.24) is 9.97 Å². The van der Waals surface area contributed by atoms with Crippen molar-refractivity contribution in [2.45, 2.75) is 26.8 Å². The van der Waals surface area contributed by atoms with E-state index >= 15 is 0 Å². The summed E-state index contributed by atoms with van der Waals surface area (Å²) in [7, 11) is 0. The van der Waals surface area contributed by atoms with Crippen molar-refractivity contribution in [1.29, 1.82) is 0 Å². The minimum atomic E-state index is -0.615. The number of halogens is 2. The maximum Gasteiger partial charge on any atom is 0.223 e. The molecule has 5 heteroatoms. The van der Waals surface area contributed by atoms with E-state index in [4.69, 9.17) is 0 Å². The van der Waals surface area contributed by atoms with Gasteiger partial charge in [0.2, 0.25) is 5.95 Å². The van der Waals surface area contributed by atoms with Crippen LogP contribution < -0.4 is 5.32 Å². The highest BCUT2D eigenvalue weighted by atomic mass is 19.1. The van der Waals surface area contributed by atoms with Crippen molar-refractivity contribution in [3.8, 4) is 11.1 Å². The third-order valence-corrected chi connectivity index (χ3v) is 2.62. The molecule has 1 N–H and O–H groups in total. The van der Waals surface area contributed by atoms with E-state index in [1.807, 2.05) is 13.8 Å². The highest BCUT2D eigenvalue weighted by Crippen LogP contribution is 2.25. The molecular weight excluding hydrogens is 248 g/mol. The second kappa shape index (κ2) is 5.30. The van der Waals surface area contributed by atoms with Crippen LogP contribution in [0.3, 0.4) is 0 Å². The van der Waals surface area contributed by atoms with Crippen LogP contribution in [0.5, 0.6) is 0 Å². The average molecular weight is 263 g/mol. The molecule has 0 bridgehead atoms. The first kappa shape index (κ1) is 13.4. The molecule has 1 aromatic heterocycles. The Morgan fingerprint density at radius 1 is 1.16 bits per heavy atom. The van der Waals surface area contributed by atoms with Crippen LogP contribution in [0.2, 0.25) is 0 Å². The zero-order valence-electron chi connectivity index (χ0n) is 11.0. The number of rotatable bonds is 3. The Balaban J connectivity index is 2.40. The van der Waals surface area contributed by atoms with Gasteiger partial charge >= 0.3 is 0 Å². The summed E-state index contributed by atoms with van der Waals surface area (Å²) in [6, 6.07) is 3.69. The molecule has 0 aliphatic heterocycles. The van der Waals surface area contributed by atoms with Gasteiger partial charge in [-0.1, -0.05) is 0 Å². The fraction of sp³-hybridized carbons (Fsp3) is 0.286. The maximum absolute atomic E-state index is 13.7. The number of hydrogen-bond acceptors (Lipinski definition) is 3. The third kappa shape index (κ3) is 3.05. The summed E-state index contributed by atoms with van der Waals surface area (Å²) in [6.07, 6.45) is 1.55. The minimum Gasteiger partial charge on any atom is -0.352 e. The Morgan fingerprint density at radius 2 is 1.89 bits per heavy atom. The summed E-state index contributed by atoms with van der Waals surface area (Å²) >= 11 is 0. The minimum absolute atomic E-state index is 0.216. The second-order valence-corrected chi connectivity index (χ2v) is 4.62. The molecule has 0 amide bonds. The lowest BCUT2D eigenvalue weighted by Gasteiger charge is -2.11. The van der Waals surface area contributed by atoms with Crippen molar-refractivity contribution in [3.63, 3.8) is 0 Å². The molecule has 3 nitrogen and oxygen atoms in total. The topological polar surface area (TPSA) is 37.8 Å². The van der Waals surface area contributed by atoms with Gasteiger partial charge in [-0.2, -0.15) is 0 Å². The highest BCUT2D eigenvalue weighted by Gasteiger charge is 2.11. The fourth-order valence-corrected chi connectivity index (χ4v) is 1.77. The van der Waals surface area contributed by atoms with Gasteiger partial charge < -0.3 is 5.32 Å². The predicted molar refractivity (Wildman–Crippen MR) is 70.9 cm³/mol. The van der Waals surface area contributed by atoms with E-state index in [2.05, 4.69) is 15.3 Å². The summed E-state index contributed by atoms with van der Waals surface area (Å²) in [5, 5.41) is 3.07. The lowest BCUT2D eigenvalue weighted by molar-refractivity contribution is 0.585. The Bertz CT molecular complexity index is 597. The Morgan fingerprint density at radius 3 is 2.47 bits per heavy atom. The first-order valence-electron chi connectivity index (χ1n) is 6.03. The molecule has 0 aliphatic rings. The Kier molecular flexibility index (Phi) is 3.74. The van der Waals surface area contributed by atoms with Crippen molar-refractivity contribution in [2.75, 3.05) is 5.32 Å². The molecule has 0 unspecified atom stereocenters. The molecular formula is C14H15F2N3. The molecule has 19 heavy (non-hydrogen) atoms. The van der Waals surface area contributed by atoms with Gasteiger partial charge in [-0.05, 0) is 32.9 Å². The number of anilines is 1. The molecule has 0 atom stereocenters. The number of nitrogens with zero attached hydrogens (tertiary/aromatic N) is 2. The van der Waals surface area contributed by atoms with Crippen LogP contribution in [0.15, 0.2) is 24.4 Å². The summed E-state index contributed by atoms with van der Waals surface area (Å²) in [5.74, 6) is -0.715. The van der Waals surface area contributed by atoms with Gasteiger partial charge in [-0.15, -0.1) is 0 Å². The van der Waals surface area contributed by atoms with E-state index in [1.165, 1.54) is 12.1 Å². The number of benzene rings is 1. The Hall–Kier alpha value is -2.04. The van der Waals surface area contributed by atoms with E-state index in [0.29, 0.717) is 22.8 Å². The molecule has 0 fully saturated rings. The lowest BCUT2D eigenvalue weighted by atomic mass is 10.1. The second-order valence-electron chi connectivity index (χ2n) is 4.62. The smallest absolute Gasteiger partial charge is 0.223 e. The molecule has 0 aliphatic carbocycles. The van der Waals surface area contributed by atoms with Crippen molar-refractivity contribution in [2.24, 2.45) is 0 Å². The number of hydrogen-bond donors (Lipinski definition) is 1. The monoisotopic (exact) mass is 263 g/mol. The van der Waals surface area contributed by atoms with Crippen LogP contribution in [-0.4, -0.2) is 16.0 Å². The van der Waals surface area contributed by atoms with E-state index in [1.54, 1.807) is 13.1 Å². The zero-order valence-corrected chi connectivity index (χ0v) is 11.0. The average Bonchev–Trinajstić information content (AvgIpc) is 2.30. The van der Waals surface area contributed by atoms with E-state index in [-0.39, 0.29) is 6.04 Å². The fourth-order valence-electron chi connectivity index (χ4n) is 1.77. The molecule has 0 saturated carbocycles. The third-order valence-electron chi connectivity index (χ3n) is 2.62. The number of nitrogens with one attached hydrogen (secondary N) is 1. The van der Waals surface area contributed by atoms with E-state index < -0.39 is 11.6 Å². The van der Waals surface area contributed by atoms with Crippen LogP contribution in [0.25, 0.3) is 11.1 Å². The molecule has 0 saturated heterocycles. The summed E-state index contributed by atoms with van der Waals surface area (Å²) in [5.41, 5.74) is 1.51. The van der Waals surface area contributed by atoms with Gasteiger partial charge in [0, 0.05) is 29.4 Å². The van der Waals surface area contributed by atoms with E-state index in [0.717, 1.165) is 6.07 Å². The van der Waals surface area contributed by atoms with Crippen molar-refractivity contribution >= 4 is 5.95 Å². The van der Waals surface area contributed by atoms with Gasteiger partial charge in [-0.3, -0.25) is 0 Å². The maximum atomic E-state index is 13.7. The summed E-state index contributed by atoms with van der Waals surface area (Å²) in [6.45, 7) is 5.73. The Labute approximate surface area is 110 Å². The molecule has 0 radical (unpaired) electrons. The predicted octanol–water partition coefficient (Wildman–Crippen LogP) is 3.55. The van der Waals surface area contributed by atoms with Crippen molar-refractivity contribution in [3.05, 3.63) is 41.7 Å². The molecule has 0 spiro atoms. The first-order valence-corrected chi connectivity index (χ1v) is 6.03. The van der Waals surface area contributed by atoms with Crippen LogP contribution in [0.4, 0.5) is 14.7 Å². The van der Waals surface area contributed by atoms with Crippen LogP contribution in [-0.2, 0) is 0 Å². The molecule has 1 aromatic carbocycles. The van der Waals surface area contributed by atoms with Gasteiger partial charge in [0.05, 0.1) is 5.69 Å². The molecule has 2 aromatic rings. The largest absolute Gasteiger partial charge is 0.352 e. The highest BCUT2D eigenvalue weighted by molar-refractivity contribution is 5.66. The van der Waals surface area contributed by atoms with Gasteiger partial charge in [0.1, 0.15) is 11.6 Å². The van der Waals surface area contributed by atoms with Crippen molar-refractivity contribution < 1.29 is 8.78 Å². The first-order chi connectivity index (χ1) is 8.97. The van der Waals surface area contributed by atoms with Gasteiger partial charge in [-0.25, -0.2) is 18.7 Å². The quantitative estimate of drug-likeness (QED) is 0.920. The van der Waals surface area contributed by atoms with Gasteiger partial charge in [0.25, 0.3) is 0 Å². The number of aryl methyl sites for hydroxylation is 1. The van der Waals surface area contributed by atoms with E-state index in [9.17, 15) is 8.78 Å². The number of aromatic nitrogens is 2. The standard InChI is InChI=1S/C14H15F2N3/c1-8(2)18-14-17-7-12(9(3)19-14)11-5-4-10(15)6-13(11)16/h4-8H,1-3H3,(H,17,18,19). The zero-order chi connectivity index (χ0) is 14.0. The molecule has 100 valence electrons. The molecule has 2 rings (SSSR count). The van der Waals surface area contributed by atoms with Crippen LogP contribution in [0.1, 0.15) is 19.5 Å². The molecule has 1 heterocycles. The van der Waals surface area contributed by atoms with Crippen LogP contribution >= 0.6 is 0 Å².